The molecule has 0 bridgehead atoms. The molecule has 10 heteroatoms. The topological polar surface area (TPSA) is 93.4 Å². The van der Waals surface area contributed by atoms with Crippen LogP contribution >= 0.6 is 23.6 Å². The molecule has 34 heavy (non-hydrogen) atoms. The van der Waals surface area contributed by atoms with E-state index in [1.807, 2.05) is 32.0 Å². The van der Waals surface area contributed by atoms with E-state index in [0.717, 1.165) is 44.8 Å². The summed E-state index contributed by atoms with van der Waals surface area (Å²) in [5.41, 5.74) is 3.21. The number of anilines is 1. The van der Waals surface area contributed by atoms with Crippen molar-refractivity contribution in [2.45, 2.75) is 34.1 Å². The molecule has 0 radical (unpaired) electrons. The SMILES string of the molecule is CCc1nnc2sc(-c3ccc(C)c(NC(=S)NC(=O)c4ccc(OCC(C)C)cc4)c3)nn12. The summed E-state index contributed by atoms with van der Waals surface area (Å²) in [6, 6.07) is 13.0. The lowest BCUT2D eigenvalue weighted by molar-refractivity contribution is 0.0977. The number of thiocarbonyl (C=S) groups is 1. The monoisotopic (exact) mass is 494 g/mol. The minimum atomic E-state index is -0.289. The Morgan fingerprint density at radius 2 is 1.94 bits per heavy atom. The number of nitrogens with zero attached hydrogens (tertiary/aromatic N) is 4. The summed E-state index contributed by atoms with van der Waals surface area (Å²) in [7, 11) is 0. The van der Waals surface area contributed by atoms with Crippen molar-refractivity contribution in [1.29, 1.82) is 0 Å². The Morgan fingerprint density at radius 1 is 1.18 bits per heavy atom. The Labute approximate surface area is 207 Å². The summed E-state index contributed by atoms with van der Waals surface area (Å²) >= 11 is 6.87. The molecule has 0 saturated carbocycles. The number of amides is 1. The van der Waals surface area contributed by atoms with Gasteiger partial charge in [0.05, 0.1) is 6.61 Å². The van der Waals surface area contributed by atoms with Crippen LogP contribution in [0.1, 0.15) is 42.5 Å². The van der Waals surface area contributed by atoms with Gasteiger partial charge in [-0.3, -0.25) is 10.1 Å². The van der Waals surface area contributed by atoms with Gasteiger partial charge in [0.15, 0.2) is 10.9 Å². The maximum atomic E-state index is 12.6. The second-order valence-electron chi connectivity index (χ2n) is 8.24. The highest BCUT2D eigenvalue weighted by Gasteiger charge is 2.14. The minimum Gasteiger partial charge on any atom is -0.493 e. The van der Waals surface area contributed by atoms with Crippen molar-refractivity contribution in [3.05, 3.63) is 59.4 Å². The molecule has 2 heterocycles. The molecule has 176 valence electrons. The number of nitrogens with one attached hydrogen (secondary N) is 2. The Balaban J connectivity index is 1.43. The van der Waals surface area contributed by atoms with E-state index >= 15 is 0 Å². The molecule has 1 amide bonds. The van der Waals surface area contributed by atoms with Crippen LogP contribution in [0, 0.1) is 12.8 Å². The molecule has 0 unspecified atom stereocenters. The average molecular weight is 495 g/mol. The van der Waals surface area contributed by atoms with E-state index in [0.29, 0.717) is 18.1 Å². The predicted octanol–water partition coefficient (Wildman–Crippen LogP) is 4.89. The molecule has 0 aliphatic heterocycles. The van der Waals surface area contributed by atoms with E-state index in [4.69, 9.17) is 17.0 Å². The number of hydrogen-bond donors (Lipinski definition) is 2. The van der Waals surface area contributed by atoms with Crippen molar-refractivity contribution in [3.63, 3.8) is 0 Å². The summed E-state index contributed by atoms with van der Waals surface area (Å²) in [6.07, 6.45) is 0.757. The van der Waals surface area contributed by atoms with Crippen LogP contribution < -0.4 is 15.4 Å². The first kappa shape index (κ1) is 23.8. The minimum absolute atomic E-state index is 0.219. The Morgan fingerprint density at radius 3 is 2.65 bits per heavy atom. The van der Waals surface area contributed by atoms with E-state index in [1.165, 1.54) is 11.3 Å². The molecule has 0 aliphatic carbocycles. The van der Waals surface area contributed by atoms with E-state index in [-0.39, 0.29) is 11.0 Å². The number of carbonyl (C=O) groups excluding carboxylic acids is 1. The van der Waals surface area contributed by atoms with Crippen LogP contribution in [0.2, 0.25) is 0 Å². The van der Waals surface area contributed by atoms with Gasteiger partial charge < -0.3 is 10.1 Å². The quantitative estimate of drug-likeness (QED) is 0.354. The molecule has 2 aromatic heterocycles. The molecule has 0 spiro atoms. The number of carbonyl (C=O) groups is 1. The number of hydrogen-bond acceptors (Lipinski definition) is 7. The number of ether oxygens (including phenoxy) is 1. The smallest absolute Gasteiger partial charge is 0.257 e. The molecule has 4 aromatic rings. The van der Waals surface area contributed by atoms with Gasteiger partial charge in [0, 0.05) is 23.2 Å². The number of aryl methyl sites for hydroxylation is 2. The van der Waals surface area contributed by atoms with Crippen molar-refractivity contribution in [2.24, 2.45) is 5.92 Å². The average Bonchev–Trinajstić information content (AvgIpc) is 3.40. The Bertz CT molecular complexity index is 1330. The first-order valence-electron chi connectivity index (χ1n) is 11.0. The van der Waals surface area contributed by atoms with Gasteiger partial charge in [0.1, 0.15) is 10.8 Å². The van der Waals surface area contributed by atoms with Crippen LogP contribution in [0.5, 0.6) is 5.75 Å². The lowest BCUT2D eigenvalue weighted by Crippen LogP contribution is -2.34. The predicted molar refractivity (Wildman–Crippen MR) is 139 cm³/mol. The molecular formula is C24H26N6O2S2. The van der Waals surface area contributed by atoms with Gasteiger partial charge in [-0.2, -0.15) is 9.61 Å². The number of rotatable bonds is 7. The van der Waals surface area contributed by atoms with Crippen molar-refractivity contribution in [1.82, 2.24) is 25.1 Å². The molecule has 8 nitrogen and oxygen atoms in total. The van der Waals surface area contributed by atoms with Crippen LogP contribution in [-0.2, 0) is 6.42 Å². The van der Waals surface area contributed by atoms with Crippen LogP contribution in [0.15, 0.2) is 42.5 Å². The summed E-state index contributed by atoms with van der Waals surface area (Å²) in [5, 5.41) is 19.9. The highest BCUT2D eigenvalue weighted by molar-refractivity contribution is 7.80. The highest BCUT2D eigenvalue weighted by atomic mass is 32.1. The Hall–Kier alpha value is -3.37. The van der Waals surface area contributed by atoms with Crippen LogP contribution in [0.3, 0.4) is 0 Å². The van der Waals surface area contributed by atoms with Crippen molar-refractivity contribution >= 4 is 45.2 Å². The zero-order valence-corrected chi connectivity index (χ0v) is 21.1. The first-order valence-corrected chi connectivity index (χ1v) is 12.2. The molecule has 0 saturated heterocycles. The lowest BCUT2D eigenvalue weighted by Gasteiger charge is -2.13. The van der Waals surface area contributed by atoms with Gasteiger partial charge in [0.25, 0.3) is 5.91 Å². The molecule has 0 fully saturated rings. The first-order chi connectivity index (χ1) is 16.3. The fraction of sp³-hybridized carbons (Fsp3) is 0.292. The lowest BCUT2D eigenvalue weighted by atomic mass is 10.1. The van der Waals surface area contributed by atoms with Crippen molar-refractivity contribution in [3.8, 4) is 16.3 Å². The molecule has 0 aliphatic rings. The van der Waals surface area contributed by atoms with E-state index < -0.39 is 0 Å². The van der Waals surface area contributed by atoms with Gasteiger partial charge in [0.2, 0.25) is 4.96 Å². The van der Waals surface area contributed by atoms with Crippen molar-refractivity contribution in [2.75, 3.05) is 11.9 Å². The zero-order chi connectivity index (χ0) is 24.2. The van der Waals surface area contributed by atoms with Crippen LogP contribution in [-0.4, -0.2) is 37.4 Å². The van der Waals surface area contributed by atoms with Gasteiger partial charge in [-0.05, 0) is 61.0 Å². The third-order valence-corrected chi connectivity index (χ3v) is 6.18. The van der Waals surface area contributed by atoms with E-state index in [2.05, 4.69) is 39.8 Å². The van der Waals surface area contributed by atoms with Crippen molar-refractivity contribution < 1.29 is 9.53 Å². The fourth-order valence-electron chi connectivity index (χ4n) is 3.18. The van der Waals surface area contributed by atoms with E-state index in [1.54, 1.807) is 28.8 Å². The normalized spacial score (nSPS) is 11.1. The highest BCUT2D eigenvalue weighted by Crippen LogP contribution is 2.29. The standard InChI is InChI=1S/C24H26N6O2S2/c1-5-20-27-28-24-30(20)29-22(34-24)17-7-6-15(4)19(12-17)25-23(33)26-21(31)16-8-10-18(11-9-16)32-13-14(2)3/h6-12,14H,5,13H2,1-4H3,(H2,25,26,31,33). The molecular weight excluding hydrogens is 468 g/mol. The van der Waals surface area contributed by atoms with E-state index in [9.17, 15) is 4.79 Å². The van der Waals surface area contributed by atoms with Gasteiger partial charge >= 0.3 is 0 Å². The largest absolute Gasteiger partial charge is 0.493 e. The summed E-state index contributed by atoms with van der Waals surface area (Å²) in [6.45, 7) is 8.79. The summed E-state index contributed by atoms with van der Waals surface area (Å²) in [5.74, 6) is 1.70. The zero-order valence-electron chi connectivity index (χ0n) is 19.5. The molecule has 0 atom stereocenters. The summed E-state index contributed by atoms with van der Waals surface area (Å²) in [4.78, 5) is 13.4. The van der Waals surface area contributed by atoms with Crippen LogP contribution in [0.25, 0.3) is 15.5 Å². The second kappa shape index (κ2) is 10.3. The number of aromatic nitrogens is 4. The molecule has 4 rings (SSSR count). The van der Waals surface area contributed by atoms with Crippen LogP contribution in [0.4, 0.5) is 5.69 Å². The Kier molecular flexibility index (Phi) is 7.18. The third-order valence-electron chi connectivity index (χ3n) is 5.03. The van der Waals surface area contributed by atoms with Gasteiger partial charge in [-0.1, -0.05) is 44.2 Å². The second-order valence-corrected chi connectivity index (χ2v) is 9.60. The summed E-state index contributed by atoms with van der Waals surface area (Å²) < 4.78 is 7.44. The van der Waals surface area contributed by atoms with Gasteiger partial charge in [-0.25, -0.2) is 0 Å². The number of fused-ring (bicyclic) bond motifs is 1. The fourth-order valence-corrected chi connectivity index (χ4v) is 4.24. The maximum Gasteiger partial charge on any atom is 0.257 e. The number of benzene rings is 2. The third kappa shape index (κ3) is 5.40. The molecule has 2 aromatic carbocycles. The van der Waals surface area contributed by atoms with Gasteiger partial charge in [-0.15, -0.1) is 10.2 Å². The maximum absolute atomic E-state index is 12.6. The molecule has 2 N–H and O–H groups in total.